The Morgan fingerprint density at radius 3 is 2.00 bits per heavy atom. The van der Waals surface area contributed by atoms with Gasteiger partial charge in [0.05, 0.1) is 0 Å². The minimum absolute atomic E-state index is 0.227. The van der Waals surface area contributed by atoms with Crippen molar-refractivity contribution in [1.82, 2.24) is 4.90 Å². The number of piperidine rings is 1. The van der Waals surface area contributed by atoms with Gasteiger partial charge in [-0.15, -0.1) is 0 Å². The van der Waals surface area contributed by atoms with Crippen molar-refractivity contribution in [1.29, 1.82) is 0 Å². The zero-order valence-electron chi connectivity index (χ0n) is 11.0. The fourth-order valence-electron chi connectivity index (χ4n) is 1.27. The van der Waals surface area contributed by atoms with Gasteiger partial charge in [-0.2, -0.15) is 0 Å². The minimum atomic E-state index is -0.460. The highest BCUT2D eigenvalue weighted by Gasteiger charge is 2.25. The predicted molar refractivity (Wildman–Crippen MR) is 63.4 cm³/mol. The highest BCUT2D eigenvalue weighted by Crippen LogP contribution is 2.13. The van der Waals surface area contributed by atoms with Crippen molar-refractivity contribution in [3.63, 3.8) is 0 Å². The number of ether oxygens (including phenoxy) is 1. The molecule has 1 fully saturated rings. The zero-order valence-corrected chi connectivity index (χ0v) is 11.0. The van der Waals surface area contributed by atoms with Crippen LogP contribution in [0.4, 0.5) is 4.79 Å². The van der Waals surface area contributed by atoms with Crippen LogP contribution in [-0.4, -0.2) is 35.5 Å². The quantitative estimate of drug-likeness (QED) is 0.641. The summed E-state index contributed by atoms with van der Waals surface area (Å²) in [6.07, 6.45) is 0.600. The Kier molecular flexibility index (Phi) is 6.08. The van der Waals surface area contributed by atoms with Crippen LogP contribution in [0.5, 0.6) is 0 Å². The fraction of sp³-hybridized carbons (Fsp3) is 0.833. The molecule has 1 aliphatic heterocycles. The van der Waals surface area contributed by atoms with Crippen LogP contribution in [0.2, 0.25) is 0 Å². The summed E-state index contributed by atoms with van der Waals surface area (Å²) in [4.78, 5) is 24.0. The van der Waals surface area contributed by atoms with Crippen LogP contribution in [0, 0.1) is 0 Å². The van der Waals surface area contributed by atoms with E-state index in [1.54, 1.807) is 4.90 Å². The third-order valence-corrected chi connectivity index (χ3v) is 1.97. The van der Waals surface area contributed by atoms with Crippen LogP contribution in [0.25, 0.3) is 0 Å². The van der Waals surface area contributed by atoms with E-state index in [2.05, 4.69) is 0 Å². The van der Waals surface area contributed by atoms with E-state index >= 15 is 0 Å². The van der Waals surface area contributed by atoms with E-state index < -0.39 is 5.60 Å². The summed E-state index contributed by atoms with van der Waals surface area (Å²) in [5.41, 5.74) is -0.460. The Bertz CT molecular complexity index is 233. The van der Waals surface area contributed by atoms with E-state index in [0.717, 1.165) is 0 Å². The molecule has 1 rings (SSSR count). The number of ketones is 1. The van der Waals surface area contributed by atoms with Crippen molar-refractivity contribution in [3.8, 4) is 0 Å². The van der Waals surface area contributed by atoms with Gasteiger partial charge in [-0.3, -0.25) is 4.79 Å². The normalized spacial score (nSPS) is 16.3. The molecule has 0 N–H and O–H groups in total. The Morgan fingerprint density at radius 2 is 1.62 bits per heavy atom. The van der Waals surface area contributed by atoms with Gasteiger partial charge in [0.2, 0.25) is 0 Å². The molecule has 94 valence electrons. The molecule has 0 aromatic carbocycles. The molecule has 0 aromatic heterocycles. The Morgan fingerprint density at radius 1 is 1.19 bits per heavy atom. The first kappa shape index (κ1) is 14.9. The van der Waals surface area contributed by atoms with Crippen molar-refractivity contribution >= 4 is 11.9 Å². The molecule has 1 heterocycles. The van der Waals surface area contributed by atoms with Gasteiger partial charge < -0.3 is 9.64 Å². The summed E-state index contributed by atoms with van der Waals surface area (Å²) in [5, 5.41) is 0. The number of likely N-dealkylation sites (tertiary alicyclic amines) is 1. The third-order valence-electron chi connectivity index (χ3n) is 1.97. The second-order valence-corrected chi connectivity index (χ2v) is 4.51. The number of rotatable bonds is 0. The SMILES string of the molecule is CC.CC(C)(C)OC(=O)N1CCC(=O)CC1. The first-order chi connectivity index (χ1) is 7.38. The first-order valence-electron chi connectivity index (χ1n) is 5.88. The fourth-order valence-corrected chi connectivity index (χ4v) is 1.27. The zero-order chi connectivity index (χ0) is 12.8. The highest BCUT2D eigenvalue weighted by molar-refractivity contribution is 5.81. The summed E-state index contributed by atoms with van der Waals surface area (Å²) >= 11 is 0. The lowest BCUT2D eigenvalue weighted by molar-refractivity contribution is -0.121. The largest absolute Gasteiger partial charge is 0.444 e. The summed E-state index contributed by atoms with van der Waals surface area (Å²) in [5.74, 6) is 0.227. The molecule has 0 aromatic rings. The Hall–Kier alpha value is -1.06. The van der Waals surface area contributed by atoms with Crippen molar-refractivity contribution in [3.05, 3.63) is 0 Å². The van der Waals surface area contributed by atoms with E-state index in [1.807, 2.05) is 34.6 Å². The van der Waals surface area contributed by atoms with Crippen LogP contribution >= 0.6 is 0 Å². The lowest BCUT2D eigenvalue weighted by Crippen LogP contribution is -2.41. The monoisotopic (exact) mass is 229 g/mol. The molecular weight excluding hydrogens is 206 g/mol. The van der Waals surface area contributed by atoms with Crippen molar-refractivity contribution < 1.29 is 14.3 Å². The number of carbonyl (C=O) groups excluding carboxylic acids is 2. The molecule has 16 heavy (non-hydrogen) atoms. The van der Waals surface area contributed by atoms with Gasteiger partial charge in [-0.1, -0.05) is 13.8 Å². The van der Waals surface area contributed by atoms with E-state index in [4.69, 9.17) is 4.74 Å². The molecule has 1 aliphatic rings. The molecule has 1 saturated heterocycles. The Labute approximate surface area is 98.0 Å². The van der Waals surface area contributed by atoms with Gasteiger partial charge >= 0.3 is 6.09 Å². The van der Waals surface area contributed by atoms with E-state index in [-0.39, 0.29) is 11.9 Å². The predicted octanol–water partition coefficient (Wildman–Crippen LogP) is 2.61. The van der Waals surface area contributed by atoms with Gasteiger partial charge in [0, 0.05) is 25.9 Å². The molecular formula is C12H23NO3. The summed E-state index contributed by atoms with van der Waals surface area (Å²) in [6, 6.07) is 0. The molecule has 0 saturated carbocycles. The summed E-state index contributed by atoms with van der Waals surface area (Å²) in [7, 11) is 0. The standard InChI is InChI=1S/C10H17NO3.C2H6/c1-10(2,3)14-9(13)11-6-4-8(12)5-7-11;1-2/h4-7H2,1-3H3;1-2H3. The number of hydrogen-bond donors (Lipinski definition) is 0. The number of Topliss-reactive ketones (excluding diaryl/α,β-unsaturated/α-hetero) is 1. The van der Waals surface area contributed by atoms with Crippen molar-refractivity contribution in [2.75, 3.05) is 13.1 Å². The number of carbonyl (C=O) groups is 2. The van der Waals surface area contributed by atoms with E-state index in [0.29, 0.717) is 25.9 Å². The van der Waals surface area contributed by atoms with E-state index in [9.17, 15) is 9.59 Å². The molecule has 0 bridgehead atoms. The number of hydrogen-bond acceptors (Lipinski definition) is 3. The number of amides is 1. The van der Waals surface area contributed by atoms with Crippen LogP contribution in [0.15, 0.2) is 0 Å². The maximum Gasteiger partial charge on any atom is 0.410 e. The molecule has 0 unspecified atom stereocenters. The van der Waals surface area contributed by atoms with Crippen LogP contribution < -0.4 is 0 Å². The second-order valence-electron chi connectivity index (χ2n) is 4.51. The van der Waals surface area contributed by atoms with Gasteiger partial charge in [0.15, 0.2) is 0 Å². The summed E-state index contributed by atoms with van der Waals surface area (Å²) < 4.78 is 5.19. The van der Waals surface area contributed by atoms with E-state index in [1.165, 1.54) is 0 Å². The lowest BCUT2D eigenvalue weighted by Gasteiger charge is -2.29. The van der Waals surface area contributed by atoms with Crippen LogP contribution in [-0.2, 0) is 9.53 Å². The smallest absolute Gasteiger partial charge is 0.410 e. The van der Waals surface area contributed by atoms with Crippen LogP contribution in [0.3, 0.4) is 0 Å². The highest BCUT2D eigenvalue weighted by atomic mass is 16.6. The maximum absolute atomic E-state index is 11.5. The third kappa shape index (κ3) is 5.73. The lowest BCUT2D eigenvalue weighted by atomic mass is 10.1. The average molecular weight is 229 g/mol. The van der Waals surface area contributed by atoms with Gasteiger partial charge in [-0.05, 0) is 20.8 Å². The van der Waals surface area contributed by atoms with Crippen molar-refractivity contribution in [2.24, 2.45) is 0 Å². The van der Waals surface area contributed by atoms with Gasteiger partial charge in [0.25, 0.3) is 0 Å². The molecule has 0 atom stereocenters. The topological polar surface area (TPSA) is 46.6 Å². The number of nitrogens with zero attached hydrogens (tertiary/aromatic N) is 1. The molecule has 4 nitrogen and oxygen atoms in total. The Balaban J connectivity index is 0.00000106. The second kappa shape index (κ2) is 6.51. The summed E-state index contributed by atoms with van der Waals surface area (Å²) in [6.45, 7) is 10.5. The first-order valence-corrected chi connectivity index (χ1v) is 5.88. The van der Waals surface area contributed by atoms with Gasteiger partial charge in [-0.25, -0.2) is 4.79 Å². The molecule has 0 radical (unpaired) electrons. The van der Waals surface area contributed by atoms with Crippen molar-refractivity contribution in [2.45, 2.75) is 53.1 Å². The maximum atomic E-state index is 11.5. The molecule has 0 aliphatic carbocycles. The minimum Gasteiger partial charge on any atom is -0.444 e. The molecule has 4 heteroatoms. The van der Waals surface area contributed by atoms with Gasteiger partial charge in [0.1, 0.15) is 11.4 Å². The van der Waals surface area contributed by atoms with Crippen LogP contribution in [0.1, 0.15) is 47.5 Å². The molecule has 1 amide bonds. The molecule has 0 spiro atoms. The average Bonchev–Trinajstić information content (AvgIpc) is 2.19.